The summed E-state index contributed by atoms with van der Waals surface area (Å²) in [5.74, 6) is 0. The molecular formula is C11H15N. The summed E-state index contributed by atoms with van der Waals surface area (Å²) in [5, 5.41) is 0. The predicted octanol–water partition coefficient (Wildman–Crippen LogP) is 2.82. The monoisotopic (exact) mass is 161 g/mol. The minimum Gasteiger partial charge on any atom is -0.258 e. The number of aromatic nitrogens is 1. The SMILES string of the molecule is C=CCCc1cc(C)cc(C)n1. The Morgan fingerprint density at radius 1 is 1.42 bits per heavy atom. The highest BCUT2D eigenvalue weighted by atomic mass is 14.7. The third-order valence-corrected chi connectivity index (χ3v) is 1.76. The Labute approximate surface area is 74.2 Å². The highest BCUT2D eigenvalue weighted by molar-refractivity contribution is 5.19. The van der Waals surface area contributed by atoms with Crippen LogP contribution >= 0.6 is 0 Å². The Morgan fingerprint density at radius 3 is 2.75 bits per heavy atom. The van der Waals surface area contributed by atoms with Crippen molar-refractivity contribution in [1.29, 1.82) is 0 Å². The predicted molar refractivity (Wildman–Crippen MR) is 52.2 cm³/mol. The van der Waals surface area contributed by atoms with Gasteiger partial charge >= 0.3 is 0 Å². The average molecular weight is 161 g/mol. The fourth-order valence-electron chi connectivity index (χ4n) is 1.30. The van der Waals surface area contributed by atoms with Crippen molar-refractivity contribution in [1.82, 2.24) is 4.98 Å². The molecule has 0 atom stereocenters. The van der Waals surface area contributed by atoms with Gasteiger partial charge in [-0.3, -0.25) is 4.98 Å². The van der Waals surface area contributed by atoms with Gasteiger partial charge in [0.2, 0.25) is 0 Å². The van der Waals surface area contributed by atoms with E-state index < -0.39 is 0 Å². The molecule has 0 fully saturated rings. The van der Waals surface area contributed by atoms with E-state index in [4.69, 9.17) is 0 Å². The summed E-state index contributed by atoms with van der Waals surface area (Å²) in [6.07, 6.45) is 3.95. The standard InChI is InChI=1S/C11H15N/c1-4-5-6-11-8-9(2)7-10(3)12-11/h4,7-8H,1,5-6H2,2-3H3. The summed E-state index contributed by atoms with van der Waals surface area (Å²) in [4.78, 5) is 4.42. The maximum atomic E-state index is 4.42. The van der Waals surface area contributed by atoms with E-state index in [0.717, 1.165) is 18.5 Å². The van der Waals surface area contributed by atoms with Crippen LogP contribution in [0.4, 0.5) is 0 Å². The Morgan fingerprint density at radius 2 is 2.17 bits per heavy atom. The van der Waals surface area contributed by atoms with E-state index >= 15 is 0 Å². The van der Waals surface area contributed by atoms with Gasteiger partial charge in [-0.25, -0.2) is 0 Å². The van der Waals surface area contributed by atoms with Gasteiger partial charge in [0.15, 0.2) is 0 Å². The number of hydrogen-bond acceptors (Lipinski definition) is 1. The van der Waals surface area contributed by atoms with Gasteiger partial charge in [-0.15, -0.1) is 6.58 Å². The lowest BCUT2D eigenvalue weighted by molar-refractivity contribution is 0.926. The van der Waals surface area contributed by atoms with Crippen LogP contribution in [0.2, 0.25) is 0 Å². The zero-order valence-electron chi connectivity index (χ0n) is 7.80. The summed E-state index contributed by atoms with van der Waals surface area (Å²) >= 11 is 0. The van der Waals surface area contributed by atoms with Gasteiger partial charge in [-0.2, -0.15) is 0 Å². The number of hydrogen-bond donors (Lipinski definition) is 0. The van der Waals surface area contributed by atoms with Crippen LogP contribution in [0.15, 0.2) is 24.8 Å². The molecule has 0 aliphatic rings. The first-order chi connectivity index (χ1) is 5.72. The van der Waals surface area contributed by atoms with Gasteiger partial charge in [-0.1, -0.05) is 6.08 Å². The molecule has 0 radical (unpaired) electrons. The summed E-state index contributed by atoms with van der Waals surface area (Å²) in [6, 6.07) is 4.23. The van der Waals surface area contributed by atoms with Crippen molar-refractivity contribution in [3.63, 3.8) is 0 Å². The average Bonchev–Trinajstić information content (AvgIpc) is 1.99. The lowest BCUT2D eigenvalue weighted by Gasteiger charge is -2.01. The smallest absolute Gasteiger partial charge is 0.0412 e. The summed E-state index contributed by atoms with van der Waals surface area (Å²) in [7, 11) is 0. The van der Waals surface area contributed by atoms with Crippen LogP contribution in [-0.4, -0.2) is 4.98 Å². The molecule has 0 unspecified atom stereocenters. The fourth-order valence-corrected chi connectivity index (χ4v) is 1.30. The van der Waals surface area contributed by atoms with Crippen molar-refractivity contribution < 1.29 is 0 Å². The number of allylic oxidation sites excluding steroid dienone is 1. The second kappa shape index (κ2) is 4.05. The maximum absolute atomic E-state index is 4.42. The molecule has 0 amide bonds. The first kappa shape index (κ1) is 8.98. The molecule has 1 aromatic heterocycles. The van der Waals surface area contributed by atoms with Gasteiger partial charge in [0, 0.05) is 11.4 Å². The van der Waals surface area contributed by atoms with E-state index in [2.05, 4.69) is 30.6 Å². The van der Waals surface area contributed by atoms with Crippen LogP contribution < -0.4 is 0 Å². The van der Waals surface area contributed by atoms with Crippen LogP contribution in [0.25, 0.3) is 0 Å². The topological polar surface area (TPSA) is 12.9 Å². The highest BCUT2D eigenvalue weighted by Gasteiger charge is 1.95. The van der Waals surface area contributed by atoms with Crippen LogP contribution in [-0.2, 0) is 6.42 Å². The van der Waals surface area contributed by atoms with Crippen LogP contribution in [0.1, 0.15) is 23.4 Å². The second-order valence-corrected chi connectivity index (χ2v) is 3.10. The highest BCUT2D eigenvalue weighted by Crippen LogP contribution is 2.06. The molecule has 1 heterocycles. The van der Waals surface area contributed by atoms with E-state index in [1.165, 1.54) is 11.3 Å². The summed E-state index contributed by atoms with van der Waals surface area (Å²) < 4.78 is 0. The Kier molecular flexibility index (Phi) is 3.03. The van der Waals surface area contributed by atoms with E-state index in [1.807, 2.05) is 13.0 Å². The summed E-state index contributed by atoms with van der Waals surface area (Å²) in [5.41, 5.74) is 3.57. The largest absolute Gasteiger partial charge is 0.258 e. The molecule has 1 nitrogen and oxygen atoms in total. The number of nitrogens with zero attached hydrogens (tertiary/aromatic N) is 1. The first-order valence-electron chi connectivity index (χ1n) is 4.27. The number of aryl methyl sites for hydroxylation is 3. The van der Waals surface area contributed by atoms with Gasteiger partial charge < -0.3 is 0 Å². The van der Waals surface area contributed by atoms with Gasteiger partial charge in [0.1, 0.15) is 0 Å². The Balaban J connectivity index is 2.78. The van der Waals surface area contributed by atoms with Crippen molar-refractivity contribution >= 4 is 0 Å². The number of pyridine rings is 1. The van der Waals surface area contributed by atoms with Crippen LogP contribution in [0.5, 0.6) is 0 Å². The molecule has 12 heavy (non-hydrogen) atoms. The normalized spacial score (nSPS) is 9.83. The van der Waals surface area contributed by atoms with Crippen LogP contribution in [0, 0.1) is 13.8 Å². The van der Waals surface area contributed by atoms with Gasteiger partial charge in [0.25, 0.3) is 0 Å². The molecule has 0 bridgehead atoms. The molecule has 1 aromatic rings. The molecule has 1 rings (SSSR count). The molecular weight excluding hydrogens is 146 g/mol. The lowest BCUT2D eigenvalue weighted by atomic mass is 10.1. The third-order valence-electron chi connectivity index (χ3n) is 1.76. The maximum Gasteiger partial charge on any atom is 0.0412 e. The molecule has 1 heteroatoms. The zero-order chi connectivity index (χ0) is 8.97. The van der Waals surface area contributed by atoms with Crippen molar-refractivity contribution in [3.8, 4) is 0 Å². The van der Waals surface area contributed by atoms with Crippen molar-refractivity contribution in [2.45, 2.75) is 26.7 Å². The molecule has 0 aliphatic carbocycles. The minimum absolute atomic E-state index is 1.01. The lowest BCUT2D eigenvalue weighted by Crippen LogP contribution is -1.92. The summed E-state index contributed by atoms with van der Waals surface area (Å²) in [6.45, 7) is 7.83. The minimum atomic E-state index is 1.01. The zero-order valence-corrected chi connectivity index (χ0v) is 7.80. The van der Waals surface area contributed by atoms with Gasteiger partial charge in [-0.05, 0) is 44.4 Å². The Hall–Kier alpha value is -1.11. The van der Waals surface area contributed by atoms with Crippen molar-refractivity contribution in [3.05, 3.63) is 41.7 Å². The van der Waals surface area contributed by atoms with E-state index in [1.54, 1.807) is 0 Å². The third kappa shape index (κ3) is 2.50. The molecule has 0 N–H and O–H groups in total. The van der Waals surface area contributed by atoms with Crippen LogP contribution in [0.3, 0.4) is 0 Å². The Bertz CT molecular complexity index is 256. The van der Waals surface area contributed by atoms with Crippen molar-refractivity contribution in [2.24, 2.45) is 0 Å². The molecule has 0 spiro atoms. The molecule has 0 saturated carbocycles. The fraction of sp³-hybridized carbons (Fsp3) is 0.364. The first-order valence-corrected chi connectivity index (χ1v) is 4.27. The quantitative estimate of drug-likeness (QED) is 0.621. The molecule has 0 aromatic carbocycles. The van der Waals surface area contributed by atoms with E-state index in [9.17, 15) is 0 Å². The molecule has 0 saturated heterocycles. The van der Waals surface area contributed by atoms with Gasteiger partial charge in [0.05, 0.1) is 0 Å². The second-order valence-electron chi connectivity index (χ2n) is 3.10. The van der Waals surface area contributed by atoms with E-state index in [-0.39, 0.29) is 0 Å². The number of rotatable bonds is 3. The van der Waals surface area contributed by atoms with E-state index in [0.29, 0.717) is 0 Å². The van der Waals surface area contributed by atoms with Crippen molar-refractivity contribution in [2.75, 3.05) is 0 Å². The molecule has 0 aliphatic heterocycles. The molecule has 64 valence electrons.